The first-order valence-corrected chi connectivity index (χ1v) is 5.94. The normalized spacial score (nSPS) is 9.95. The standard InChI is InChI=1S/C13H13FN4O2/c1-18-16-13(15-17-18)9-20-12-6-5-11(14)8-10(12)4-2-3-7-19/h5-6,8,19H,3,7,9H2,1H3. The highest BCUT2D eigenvalue weighted by atomic mass is 19.1. The van der Waals surface area contributed by atoms with E-state index in [-0.39, 0.29) is 13.2 Å². The second-order valence-corrected chi connectivity index (χ2v) is 3.90. The number of aromatic nitrogens is 4. The Balaban J connectivity index is 2.12. The molecule has 7 heteroatoms. The van der Waals surface area contributed by atoms with E-state index in [1.807, 2.05) is 0 Å². The molecule has 20 heavy (non-hydrogen) atoms. The number of hydrogen-bond donors (Lipinski definition) is 1. The summed E-state index contributed by atoms with van der Waals surface area (Å²) in [5, 5.41) is 20.1. The Morgan fingerprint density at radius 2 is 2.30 bits per heavy atom. The van der Waals surface area contributed by atoms with E-state index in [9.17, 15) is 4.39 Å². The first-order chi connectivity index (χ1) is 9.69. The van der Waals surface area contributed by atoms with Gasteiger partial charge in [-0.2, -0.15) is 4.80 Å². The summed E-state index contributed by atoms with van der Waals surface area (Å²) in [5.74, 6) is 5.94. The zero-order valence-electron chi connectivity index (χ0n) is 10.9. The van der Waals surface area contributed by atoms with Crippen LogP contribution in [0.5, 0.6) is 5.75 Å². The van der Waals surface area contributed by atoms with Crippen LogP contribution in [0.25, 0.3) is 0 Å². The van der Waals surface area contributed by atoms with Gasteiger partial charge in [0.05, 0.1) is 19.2 Å². The van der Waals surface area contributed by atoms with Gasteiger partial charge in [0.15, 0.2) is 6.61 Å². The molecule has 104 valence electrons. The number of hydrogen-bond acceptors (Lipinski definition) is 5. The van der Waals surface area contributed by atoms with Crippen LogP contribution in [0.15, 0.2) is 18.2 Å². The lowest BCUT2D eigenvalue weighted by Gasteiger charge is -2.06. The summed E-state index contributed by atoms with van der Waals surface area (Å²) in [4.78, 5) is 1.32. The molecule has 0 unspecified atom stereocenters. The largest absolute Gasteiger partial charge is 0.484 e. The Kier molecular flexibility index (Phi) is 4.63. The topological polar surface area (TPSA) is 73.1 Å². The molecule has 2 rings (SSSR count). The van der Waals surface area contributed by atoms with Crippen molar-refractivity contribution in [3.8, 4) is 17.6 Å². The number of benzene rings is 1. The second-order valence-electron chi connectivity index (χ2n) is 3.90. The van der Waals surface area contributed by atoms with Crippen molar-refractivity contribution in [1.29, 1.82) is 0 Å². The first-order valence-electron chi connectivity index (χ1n) is 5.94. The van der Waals surface area contributed by atoms with E-state index in [1.165, 1.54) is 23.0 Å². The van der Waals surface area contributed by atoms with Gasteiger partial charge in [-0.05, 0) is 23.4 Å². The summed E-state index contributed by atoms with van der Waals surface area (Å²) < 4.78 is 18.7. The molecular formula is C13H13FN4O2. The lowest BCUT2D eigenvalue weighted by atomic mass is 10.2. The van der Waals surface area contributed by atoms with Gasteiger partial charge in [0.1, 0.15) is 11.6 Å². The zero-order valence-corrected chi connectivity index (χ0v) is 10.9. The molecule has 1 aromatic carbocycles. The van der Waals surface area contributed by atoms with E-state index in [0.717, 1.165) is 0 Å². The van der Waals surface area contributed by atoms with Gasteiger partial charge in [-0.1, -0.05) is 11.8 Å². The predicted octanol–water partition coefficient (Wildman–Crippen LogP) is 0.662. The number of aryl methyl sites for hydroxylation is 1. The van der Waals surface area contributed by atoms with E-state index >= 15 is 0 Å². The highest BCUT2D eigenvalue weighted by Gasteiger charge is 2.06. The highest BCUT2D eigenvalue weighted by Crippen LogP contribution is 2.19. The van der Waals surface area contributed by atoms with E-state index in [4.69, 9.17) is 9.84 Å². The molecule has 0 radical (unpaired) electrons. The van der Waals surface area contributed by atoms with E-state index in [0.29, 0.717) is 23.6 Å². The molecule has 0 bridgehead atoms. The molecule has 0 saturated carbocycles. The van der Waals surface area contributed by atoms with Crippen molar-refractivity contribution in [1.82, 2.24) is 20.2 Å². The Morgan fingerprint density at radius 1 is 1.45 bits per heavy atom. The fourth-order valence-electron chi connectivity index (χ4n) is 1.46. The molecule has 0 saturated heterocycles. The minimum Gasteiger partial charge on any atom is -0.484 e. The van der Waals surface area contributed by atoms with Crippen molar-refractivity contribution in [3.63, 3.8) is 0 Å². The summed E-state index contributed by atoms with van der Waals surface area (Å²) in [6.07, 6.45) is 0.321. The van der Waals surface area contributed by atoms with E-state index < -0.39 is 5.82 Å². The summed E-state index contributed by atoms with van der Waals surface area (Å²) in [6, 6.07) is 4.06. The maximum absolute atomic E-state index is 13.2. The molecule has 0 atom stereocenters. The molecular weight excluding hydrogens is 263 g/mol. The monoisotopic (exact) mass is 276 g/mol. The molecule has 1 N–H and O–H groups in total. The van der Waals surface area contributed by atoms with Crippen molar-refractivity contribution in [2.24, 2.45) is 7.05 Å². The maximum atomic E-state index is 13.2. The maximum Gasteiger partial charge on any atom is 0.212 e. The van der Waals surface area contributed by atoms with Crippen LogP contribution >= 0.6 is 0 Å². The fraction of sp³-hybridized carbons (Fsp3) is 0.308. The van der Waals surface area contributed by atoms with Crippen LogP contribution in [-0.2, 0) is 13.7 Å². The van der Waals surface area contributed by atoms with Crippen LogP contribution in [0.3, 0.4) is 0 Å². The third-order valence-electron chi connectivity index (χ3n) is 2.31. The molecule has 1 heterocycles. The SMILES string of the molecule is Cn1nnc(COc2ccc(F)cc2C#CCCO)n1. The zero-order chi connectivity index (χ0) is 14.4. The van der Waals surface area contributed by atoms with Crippen LogP contribution < -0.4 is 4.74 Å². The van der Waals surface area contributed by atoms with Gasteiger partial charge in [-0.15, -0.1) is 10.2 Å². The molecule has 0 aliphatic carbocycles. The molecule has 0 spiro atoms. The third-order valence-corrected chi connectivity index (χ3v) is 2.31. The number of rotatable bonds is 4. The Morgan fingerprint density at radius 3 is 3.00 bits per heavy atom. The Labute approximate surface area is 115 Å². The van der Waals surface area contributed by atoms with Crippen LogP contribution in [0.1, 0.15) is 17.8 Å². The van der Waals surface area contributed by atoms with Crippen molar-refractivity contribution in [2.45, 2.75) is 13.0 Å². The number of halogens is 1. The number of aliphatic hydroxyl groups excluding tert-OH is 1. The van der Waals surface area contributed by atoms with E-state index in [2.05, 4.69) is 27.3 Å². The van der Waals surface area contributed by atoms with Crippen LogP contribution in [-0.4, -0.2) is 31.9 Å². The van der Waals surface area contributed by atoms with Gasteiger partial charge >= 0.3 is 0 Å². The lowest BCUT2D eigenvalue weighted by molar-refractivity contribution is 0.294. The van der Waals surface area contributed by atoms with Crippen LogP contribution in [0, 0.1) is 17.7 Å². The second kappa shape index (κ2) is 6.63. The minimum atomic E-state index is -0.400. The molecule has 0 aliphatic rings. The van der Waals surface area contributed by atoms with Gasteiger partial charge in [-0.25, -0.2) is 4.39 Å². The van der Waals surface area contributed by atoms with Crippen molar-refractivity contribution in [3.05, 3.63) is 35.4 Å². The molecule has 1 aromatic heterocycles. The summed E-state index contributed by atoms with van der Waals surface area (Å²) >= 11 is 0. The van der Waals surface area contributed by atoms with E-state index in [1.54, 1.807) is 7.05 Å². The van der Waals surface area contributed by atoms with Gasteiger partial charge in [0, 0.05) is 6.42 Å². The number of nitrogens with zero attached hydrogens (tertiary/aromatic N) is 4. The number of aliphatic hydroxyl groups is 1. The van der Waals surface area contributed by atoms with Gasteiger partial charge in [0.25, 0.3) is 0 Å². The van der Waals surface area contributed by atoms with Gasteiger partial charge in [-0.3, -0.25) is 0 Å². The van der Waals surface area contributed by atoms with Gasteiger partial charge < -0.3 is 9.84 Å². The third kappa shape index (κ3) is 3.76. The summed E-state index contributed by atoms with van der Waals surface area (Å²) in [7, 11) is 1.65. The lowest BCUT2D eigenvalue weighted by Crippen LogP contribution is -2.00. The van der Waals surface area contributed by atoms with Crippen LogP contribution in [0.2, 0.25) is 0 Å². The predicted molar refractivity (Wildman–Crippen MR) is 68.1 cm³/mol. The quantitative estimate of drug-likeness (QED) is 0.831. The van der Waals surface area contributed by atoms with Crippen molar-refractivity contribution in [2.75, 3.05) is 6.61 Å². The fourth-order valence-corrected chi connectivity index (χ4v) is 1.46. The summed E-state index contributed by atoms with van der Waals surface area (Å²) in [6.45, 7) is 0.0795. The smallest absolute Gasteiger partial charge is 0.212 e. The average molecular weight is 276 g/mol. The van der Waals surface area contributed by atoms with Crippen molar-refractivity contribution >= 4 is 0 Å². The Hall–Kier alpha value is -2.46. The van der Waals surface area contributed by atoms with Crippen LogP contribution in [0.4, 0.5) is 4.39 Å². The number of tetrazole rings is 1. The minimum absolute atomic E-state index is 0.0397. The van der Waals surface area contributed by atoms with Gasteiger partial charge in [0.2, 0.25) is 5.82 Å². The van der Waals surface area contributed by atoms with Crippen molar-refractivity contribution < 1.29 is 14.2 Å². The highest BCUT2D eigenvalue weighted by molar-refractivity contribution is 5.46. The average Bonchev–Trinajstić information content (AvgIpc) is 2.84. The summed E-state index contributed by atoms with van der Waals surface area (Å²) in [5.41, 5.74) is 0.419. The number of ether oxygens (including phenoxy) is 1. The molecule has 6 nitrogen and oxygen atoms in total. The molecule has 0 amide bonds. The molecule has 0 fully saturated rings. The molecule has 0 aliphatic heterocycles. The Bertz CT molecular complexity index is 645. The molecule has 2 aromatic rings. The first kappa shape index (κ1) is 14.0.